The van der Waals surface area contributed by atoms with Gasteiger partial charge >= 0.3 is 0 Å². The molecule has 0 unspecified atom stereocenters. The number of hydrogen-bond donors (Lipinski definition) is 2. The number of nitrogens with one attached hydrogen (secondary N) is 2. The van der Waals surface area contributed by atoms with Crippen molar-refractivity contribution in [3.05, 3.63) is 22.1 Å². The fourth-order valence-corrected chi connectivity index (χ4v) is 1.06. The van der Waals surface area contributed by atoms with E-state index in [0.717, 1.165) is 0 Å². The minimum absolute atomic E-state index is 0.0311. The second kappa shape index (κ2) is 3.61. The zero-order valence-corrected chi connectivity index (χ0v) is 8.29. The average molecular weight is 250 g/mol. The van der Waals surface area contributed by atoms with E-state index < -0.39 is 0 Å². The van der Waals surface area contributed by atoms with Crippen molar-refractivity contribution in [3.8, 4) is 0 Å². The van der Waals surface area contributed by atoms with Gasteiger partial charge in [-0.1, -0.05) is 10.4 Å². The molecule has 1 aliphatic heterocycles. The highest BCUT2D eigenvalue weighted by atomic mass is 16.5. The van der Waals surface area contributed by atoms with Crippen LogP contribution in [-0.2, 0) is 0 Å². The fraction of sp³-hybridized carbons (Fsp3) is 0. The molecule has 0 amide bonds. The average Bonchev–Trinajstić information content (AvgIpc) is 2.98. The third-order valence-electron chi connectivity index (χ3n) is 1.76. The third kappa shape index (κ3) is 1.62. The van der Waals surface area contributed by atoms with Gasteiger partial charge in [0, 0.05) is 0 Å². The molecule has 18 heavy (non-hydrogen) atoms. The molecule has 92 valence electrons. The Hall–Kier alpha value is -3.32. The van der Waals surface area contributed by atoms with Crippen LogP contribution in [0.25, 0.3) is 0 Å². The minimum Gasteiger partial charge on any atom is -0.773 e. The van der Waals surface area contributed by atoms with E-state index in [9.17, 15) is 10.4 Å². The number of amidine groups is 2. The van der Waals surface area contributed by atoms with Gasteiger partial charge in [0.25, 0.3) is 0 Å². The Labute approximate surface area is 96.5 Å². The van der Waals surface area contributed by atoms with Crippen LogP contribution >= 0.6 is 0 Å². The Morgan fingerprint density at radius 2 is 1.22 bits per heavy atom. The first kappa shape index (κ1) is 9.87. The molecule has 2 aromatic rings. The van der Waals surface area contributed by atoms with Crippen LogP contribution < -0.4 is 10.9 Å². The standard InChI is InChI=1S/C4H2N12O2/c17-15-11-3(9-13-15)1-5-7-2(8-6-1)4-10-14-16(18)12-4/h(H,5,6)(H,7,8)/q-2. The van der Waals surface area contributed by atoms with Crippen LogP contribution in [0.2, 0.25) is 0 Å². The van der Waals surface area contributed by atoms with Gasteiger partial charge in [0.15, 0.2) is 0 Å². The number of aromatic nitrogens is 8. The summed E-state index contributed by atoms with van der Waals surface area (Å²) in [4.78, 5) is 0.0622. The summed E-state index contributed by atoms with van der Waals surface area (Å²) in [5, 5.41) is 48.6. The summed E-state index contributed by atoms with van der Waals surface area (Å²) in [6, 6.07) is 0. The molecule has 3 heterocycles. The Morgan fingerprint density at radius 3 is 1.50 bits per heavy atom. The summed E-state index contributed by atoms with van der Waals surface area (Å²) in [6.45, 7) is 0. The molecule has 14 heteroatoms. The van der Waals surface area contributed by atoms with Crippen LogP contribution in [0.5, 0.6) is 0 Å². The van der Waals surface area contributed by atoms with Gasteiger partial charge in [-0.3, -0.25) is 10.9 Å². The molecule has 0 aromatic carbocycles. The van der Waals surface area contributed by atoms with E-state index in [1.807, 2.05) is 0 Å². The van der Waals surface area contributed by atoms with Crippen LogP contribution in [0.4, 0.5) is 0 Å². The monoisotopic (exact) mass is 250 g/mol. The zero-order chi connectivity index (χ0) is 12.5. The maximum atomic E-state index is 10.6. The van der Waals surface area contributed by atoms with Crippen LogP contribution in [0.15, 0.2) is 10.2 Å². The summed E-state index contributed by atoms with van der Waals surface area (Å²) in [6.07, 6.45) is 0. The lowest BCUT2D eigenvalue weighted by Crippen LogP contribution is -2.35. The van der Waals surface area contributed by atoms with Crippen molar-refractivity contribution in [2.24, 2.45) is 10.2 Å². The third-order valence-corrected chi connectivity index (χ3v) is 1.76. The highest BCUT2D eigenvalue weighted by Crippen LogP contribution is 1.95. The lowest BCUT2D eigenvalue weighted by atomic mass is 10.5. The molecule has 1 aliphatic rings. The van der Waals surface area contributed by atoms with Crippen LogP contribution in [-0.4, -0.2) is 52.4 Å². The van der Waals surface area contributed by atoms with E-state index in [2.05, 4.69) is 51.9 Å². The molecule has 3 rings (SSSR count). The Bertz CT molecular complexity index is 580. The van der Waals surface area contributed by atoms with Gasteiger partial charge in [-0.25, -0.2) is 0 Å². The van der Waals surface area contributed by atoms with Gasteiger partial charge < -0.3 is 10.4 Å². The first-order valence-electron chi connectivity index (χ1n) is 4.35. The Kier molecular flexibility index (Phi) is 1.98. The van der Waals surface area contributed by atoms with Crippen molar-refractivity contribution >= 4 is 11.7 Å². The van der Waals surface area contributed by atoms with Gasteiger partial charge in [-0.15, -0.1) is 20.4 Å². The van der Waals surface area contributed by atoms with E-state index in [1.165, 1.54) is 0 Å². The summed E-state index contributed by atoms with van der Waals surface area (Å²) in [5.41, 5.74) is 4.89. The second-order valence-electron chi connectivity index (χ2n) is 2.88. The van der Waals surface area contributed by atoms with Gasteiger partial charge in [0.05, 0.1) is 0 Å². The van der Waals surface area contributed by atoms with E-state index in [-0.39, 0.29) is 33.2 Å². The Morgan fingerprint density at radius 1 is 0.778 bits per heavy atom. The minimum atomic E-state index is -0.0410. The van der Waals surface area contributed by atoms with Crippen LogP contribution in [0, 0.1) is 10.4 Å². The molecule has 14 nitrogen and oxygen atoms in total. The van der Waals surface area contributed by atoms with Crippen molar-refractivity contribution < 1.29 is 0 Å². The molecule has 2 aromatic heterocycles. The largest absolute Gasteiger partial charge is 0.773 e. The van der Waals surface area contributed by atoms with Gasteiger partial charge in [-0.2, -0.15) is 20.1 Å². The van der Waals surface area contributed by atoms with Crippen molar-refractivity contribution in [3.63, 3.8) is 0 Å². The fourth-order valence-electron chi connectivity index (χ4n) is 1.06. The van der Waals surface area contributed by atoms with Gasteiger partial charge in [-0.05, 0) is 0 Å². The molecule has 0 bridgehead atoms. The lowest BCUT2D eigenvalue weighted by molar-refractivity contribution is 0.721. The number of tetrazole rings is 2. The van der Waals surface area contributed by atoms with E-state index in [1.54, 1.807) is 0 Å². The molecular weight excluding hydrogens is 248 g/mol. The topological polar surface area (TPSA) is 182 Å². The molecular formula is C4H2N12O2-2. The van der Waals surface area contributed by atoms with E-state index >= 15 is 0 Å². The van der Waals surface area contributed by atoms with Gasteiger partial charge in [0.1, 0.15) is 0 Å². The molecule has 0 saturated heterocycles. The van der Waals surface area contributed by atoms with Crippen LogP contribution in [0.1, 0.15) is 11.6 Å². The molecule has 0 fully saturated rings. The lowest BCUT2D eigenvalue weighted by Gasteiger charge is -2.10. The van der Waals surface area contributed by atoms with E-state index in [4.69, 9.17) is 0 Å². The first-order valence-corrected chi connectivity index (χ1v) is 4.35. The highest BCUT2D eigenvalue weighted by molar-refractivity contribution is 6.02. The summed E-state index contributed by atoms with van der Waals surface area (Å²) in [5.74, 6) is 0.0761. The van der Waals surface area contributed by atoms with Crippen molar-refractivity contribution in [1.82, 2.24) is 51.6 Å². The quantitative estimate of drug-likeness (QED) is 0.543. The van der Waals surface area contributed by atoms with Crippen molar-refractivity contribution in [1.29, 1.82) is 0 Å². The van der Waals surface area contributed by atoms with Gasteiger partial charge in [0.2, 0.25) is 23.3 Å². The summed E-state index contributed by atoms with van der Waals surface area (Å²) in [7, 11) is 0. The number of nitrogens with zero attached hydrogens (tertiary/aromatic N) is 10. The number of hydrogen-bond acceptors (Lipinski definition) is 12. The predicted molar refractivity (Wildman–Crippen MR) is 52.5 cm³/mol. The van der Waals surface area contributed by atoms with Crippen molar-refractivity contribution in [2.45, 2.75) is 0 Å². The normalized spacial score (nSPS) is 14.4. The van der Waals surface area contributed by atoms with E-state index in [0.29, 0.717) is 0 Å². The molecule has 0 spiro atoms. The van der Waals surface area contributed by atoms with Crippen LogP contribution in [0.3, 0.4) is 0 Å². The van der Waals surface area contributed by atoms with Crippen molar-refractivity contribution in [2.75, 3.05) is 0 Å². The molecule has 0 atom stereocenters. The highest BCUT2D eigenvalue weighted by Gasteiger charge is 2.17. The SMILES string of the molecule is [O-]n1nnc(C2=NNC(c3nnn([O-])n3)=NN2)n1. The summed E-state index contributed by atoms with van der Waals surface area (Å²) >= 11 is 0. The molecule has 0 aliphatic carbocycles. The number of rotatable bonds is 2. The zero-order valence-electron chi connectivity index (χ0n) is 8.29. The summed E-state index contributed by atoms with van der Waals surface area (Å²) < 4.78 is 0. The first-order chi connectivity index (χ1) is 8.72. The molecule has 0 saturated carbocycles. The maximum Gasteiger partial charge on any atom is 0.243 e. The molecule has 2 N–H and O–H groups in total. The Balaban J connectivity index is 1.78. The number of hydrazone groups is 2. The predicted octanol–water partition coefficient (Wildman–Crippen LogP) is -3.43. The maximum absolute atomic E-state index is 10.6. The second-order valence-corrected chi connectivity index (χ2v) is 2.88. The smallest absolute Gasteiger partial charge is 0.243 e. The molecule has 0 radical (unpaired) electrons.